The summed E-state index contributed by atoms with van der Waals surface area (Å²) in [7, 11) is 1.63. The number of halogens is 1. The summed E-state index contributed by atoms with van der Waals surface area (Å²) in [6, 6.07) is 12.6. The molecule has 1 aliphatic heterocycles. The van der Waals surface area contributed by atoms with Crippen LogP contribution < -0.4 is 15.0 Å². The topological polar surface area (TPSA) is 113 Å². The Balaban J connectivity index is 0.00000274. The monoisotopic (exact) mass is 462 g/mol. The van der Waals surface area contributed by atoms with Gasteiger partial charge in [0.05, 0.1) is 11.2 Å². The summed E-state index contributed by atoms with van der Waals surface area (Å²) in [4.78, 5) is 35.8. The van der Waals surface area contributed by atoms with Crippen molar-refractivity contribution in [2.75, 3.05) is 18.6 Å². The summed E-state index contributed by atoms with van der Waals surface area (Å²) in [6.45, 7) is -0.0554. The number of amides is 2. The third kappa shape index (κ3) is 4.17. The van der Waals surface area contributed by atoms with E-state index in [9.17, 15) is 14.0 Å². The van der Waals surface area contributed by atoms with Gasteiger partial charge in [-0.3, -0.25) is 19.7 Å². The lowest BCUT2D eigenvalue weighted by atomic mass is 10.1. The van der Waals surface area contributed by atoms with E-state index in [1.807, 2.05) is 12.1 Å². The van der Waals surface area contributed by atoms with Crippen molar-refractivity contribution in [3.05, 3.63) is 77.8 Å². The van der Waals surface area contributed by atoms with Crippen LogP contribution in [0, 0.1) is 5.82 Å². The Morgan fingerprint density at radius 2 is 2.06 bits per heavy atom. The Kier molecular flexibility index (Phi) is 6.22. The number of pyridine rings is 1. The van der Waals surface area contributed by atoms with Crippen LogP contribution in [-0.4, -0.2) is 51.7 Å². The number of nitrogens with zero attached hydrogens (tertiary/aromatic N) is 4. The lowest BCUT2D eigenvalue weighted by Gasteiger charge is -2.21. The van der Waals surface area contributed by atoms with E-state index >= 15 is 0 Å². The van der Waals surface area contributed by atoms with Crippen molar-refractivity contribution in [2.24, 2.45) is 0 Å². The van der Waals surface area contributed by atoms with Crippen molar-refractivity contribution in [2.45, 2.75) is 19.9 Å². The maximum Gasteiger partial charge on any atom is 0.291 e. The van der Waals surface area contributed by atoms with Gasteiger partial charge < -0.3 is 15.0 Å². The minimum Gasteiger partial charge on any atom is -0.489 e. The highest BCUT2D eigenvalue weighted by Gasteiger charge is 2.32. The summed E-state index contributed by atoms with van der Waals surface area (Å²) >= 11 is 0. The van der Waals surface area contributed by atoms with E-state index < -0.39 is 11.9 Å². The third-order valence-corrected chi connectivity index (χ3v) is 5.45. The van der Waals surface area contributed by atoms with E-state index in [2.05, 4.69) is 25.5 Å². The Labute approximate surface area is 195 Å². The Morgan fingerprint density at radius 1 is 1.24 bits per heavy atom. The van der Waals surface area contributed by atoms with Gasteiger partial charge in [-0.1, -0.05) is 25.6 Å². The molecule has 1 atom stereocenters. The molecule has 10 heteroatoms. The minimum absolute atomic E-state index is 0. The average Bonchev–Trinajstić information content (AvgIpc) is 3.26. The molecule has 0 aliphatic carbocycles. The molecule has 0 bridgehead atoms. The molecule has 1 aliphatic rings. The summed E-state index contributed by atoms with van der Waals surface area (Å²) in [5.41, 5.74) is 1.74. The Hall–Kier alpha value is -4.34. The van der Waals surface area contributed by atoms with E-state index in [-0.39, 0.29) is 38.0 Å². The first-order chi connectivity index (χ1) is 16.0. The summed E-state index contributed by atoms with van der Waals surface area (Å²) in [6.07, 6.45) is 1.83. The van der Waals surface area contributed by atoms with E-state index in [4.69, 9.17) is 4.74 Å². The van der Waals surface area contributed by atoms with Crippen LogP contribution in [0.5, 0.6) is 5.75 Å². The fourth-order valence-corrected chi connectivity index (χ4v) is 3.79. The van der Waals surface area contributed by atoms with Gasteiger partial charge in [0.1, 0.15) is 30.0 Å². The minimum atomic E-state index is -0.949. The van der Waals surface area contributed by atoms with Crippen LogP contribution in [0.4, 0.5) is 10.1 Å². The molecule has 3 heterocycles. The number of hydrogen-bond acceptors (Lipinski definition) is 6. The number of rotatable bonds is 4. The molecule has 5 rings (SSSR count). The number of fused-ring (bicyclic) bond motifs is 3. The van der Waals surface area contributed by atoms with Crippen molar-refractivity contribution < 1.29 is 18.7 Å². The van der Waals surface area contributed by atoms with Crippen LogP contribution in [-0.2, 0) is 11.2 Å². The fraction of sp³-hybridized carbons (Fsp3) is 0.208. The van der Waals surface area contributed by atoms with E-state index in [0.717, 1.165) is 10.9 Å². The summed E-state index contributed by atoms with van der Waals surface area (Å²) in [5, 5.41) is 9.96. The number of carbonyl (C=O) groups is 2. The first-order valence-electron chi connectivity index (χ1n) is 10.2. The zero-order valence-electron chi connectivity index (χ0n) is 17.6. The molecule has 0 saturated carbocycles. The first-order valence-corrected chi connectivity index (χ1v) is 10.2. The van der Waals surface area contributed by atoms with Gasteiger partial charge in [0.2, 0.25) is 5.82 Å². The van der Waals surface area contributed by atoms with Gasteiger partial charge in [0.25, 0.3) is 11.8 Å². The highest BCUT2D eigenvalue weighted by atomic mass is 19.1. The van der Waals surface area contributed by atoms with Crippen LogP contribution in [0.3, 0.4) is 0 Å². The molecule has 2 N–H and O–H groups in total. The van der Waals surface area contributed by atoms with E-state index in [1.54, 1.807) is 43.6 Å². The van der Waals surface area contributed by atoms with Gasteiger partial charge in [-0.05, 0) is 35.9 Å². The fourth-order valence-electron chi connectivity index (χ4n) is 3.79. The maximum absolute atomic E-state index is 13.9. The zero-order valence-corrected chi connectivity index (χ0v) is 17.6. The number of carbonyl (C=O) groups excluding carboxylic acids is 2. The zero-order chi connectivity index (χ0) is 22.9. The standard InChI is InChI=1S/C23H19FN6O3.CH4/c1-30-20-14-6-4-10-25-16(14)8-9-18(20)33-12-17(23(30)32)26-22(31)21-27-19(28-29-21)11-13-5-2-3-7-15(13)24;/h2-10,17H,11-12H2,1H3,(H,26,31)(H,27,28,29);1H4/t17-;/m0./s1. The molecule has 0 radical (unpaired) electrons. The first kappa shape index (κ1) is 22.8. The third-order valence-electron chi connectivity index (χ3n) is 5.45. The van der Waals surface area contributed by atoms with Crippen LogP contribution in [0.25, 0.3) is 10.9 Å². The summed E-state index contributed by atoms with van der Waals surface area (Å²) < 4.78 is 19.7. The second-order valence-corrected chi connectivity index (χ2v) is 7.59. The second kappa shape index (κ2) is 9.26. The Bertz CT molecular complexity index is 1370. The van der Waals surface area contributed by atoms with Gasteiger partial charge in [0, 0.05) is 25.1 Å². The molecule has 34 heavy (non-hydrogen) atoms. The van der Waals surface area contributed by atoms with Crippen LogP contribution in [0.1, 0.15) is 29.4 Å². The highest BCUT2D eigenvalue weighted by molar-refractivity contribution is 6.08. The van der Waals surface area contributed by atoms with Crippen LogP contribution in [0.15, 0.2) is 54.7 Å². The molecule has 2 amide bonds. The molecule has 174 valence electrons. The maximum atomic E-state index is 13.9. The Morgan fingerprint density at radius 3 is 2.88 bits per heavy atom. The number of ether oxygens (including phenoxy) is 1. The molecule has 4 aromatic rings. The van der Waals surface area contributed by atoms with E-state index in [0.29, 0.717) is 22.8 Å². The largest absolute Gasteiger partial charge is 0.489 e. The molecule has 0 spiro atoms. The molecule has 2 aromatic carbocycles. The predicted octanol–water partition coefficient (Wildman–Crippen LogP) is 2.87. The van der Waals surface area contributed by atoms with Crippen molar-refractivity contribution in [3.8, 4) is 5.75 Å². The lowest BCUT2D eigenvalue weighted by molar-refractivity contribution is -0.120. The number of hydrogen-bond donors (Lipinski definition) is 2. The number of aromatic nitrogens is 4. The molecule has 0 unspecified atom stereocenters. The highest BCUT2D eigenvalue weighted by Crippen LogP contribution is 2.37. The van der Waals surface area contributed by atoms with Gasteiger partial charge in [-0.25, -0.2) is 9.37 Å². The molecule has 0 saturated heterocycles. The second-order valence-electron chi connectivity index (χ2n) is 7.59. The molecular weight excluding hydrogens is 439 g/mol. The van der Waals surface area contributed by atoms with Crippen molar-refractivity contribution >= 4 is 28.4 Å². The van der Waals surface area contributed by atoms with Crippen molar-refractivity contribution in [3.63, 3.8) is 0 Å². The molecule has 2 aromatic heterocycles. The number of H-pyrrole nitrogens is 1. The quantitative estimate of drug-likeness (QED) is 0.482. The van der Waals surface area contributed by atoms with Crippen molar-refractivity contribution in [1.82, 2.24) is 25.5 Å². The van der Waals surface area contributed by atoms with Gasteiger partial charge in [-0.2, -0.15) is 0 Å². The molecule has 9 nitrogen and oxygen atoms in total. The van der Waals surface area contributed by atoms with Gasteiger partial charge in [0.15, 0.2) is 0 Å². The van der Waals surface area contributed by atoms with Gasteiger partial charge in [-0.15, -0.1) is 5.10 Å². The van der Waals surface area contributed by atoms with E-state index in [1.165, 1.54) is 11.0 Å². The number of benzene rings is 2. The smallest absolute Gasteiger partial charge is 0.291 e. The predicted molar refractivity (Wildman–Crippen MR) is 124 cm³/mol. The normalized spacial score (nSPS) is 15.2. The number of nitrogens with one attached hydrogen (secondary N) is 2. The number of likely N-dealkylation sites (N-methyl/N-ethyl adjacent to an activating group) is 1. The number of aromatic amines is 1. The molecular formula is C24H23FN6O3. The lowest BCUT2D eigenvalue weighted by Crippen LogP contribution is -2.49. The summed E-state index contributed by atoms with van der Waals surface area (Å²) in [5.74, 6) is -0.649. The number of anilines is 1. The van der Waals surface area contributed by atoms with Crippen LogP contribution >= 0.6 is 0 Å². The molecule has 0 fully saturated rings. The van der Waals surface area contributed by atoms with Gasteiger partial charge >= 0.3 is 0 Å². The SMILES string of the molecule is C.CN1C(=O)[C@@H](NC(=O)c2n[nH]c(Cc3ccccc3F)n2)COc2ccc3ncccc3c21. The van der Waals surface area contributed by atoms with Crippen LogP contribution in [0.2, 0.25) is 0 Å². The van der Waals surface area contributed by atoms with Crippen molar-refractivity contribution in [1.29, 1.82) is 0 Å². The average molecular weight is 462 g/mol.